The van der Waals surface area contributed by atoms with Gasteiger partial charge in [-0.05, 0) is 35.4 Å². The number of ether oxygens (including phenoxy) is 1. The summed E-state index contributed by atoms with van der Waals surface area (Å²) in [6.45, 7) is 0.422. The Morgan fingerprint density at radius 2 is 1.68 bits per heavy atom. The second kappa shape index (κ2) is 9.32. The monoisotopic (exact) mass is 376 g/mol. The molecule has 1 atom stereocenters. The summed E-state index contributed by atoms with van der Waals surface area (Å²) in [6, 6.07) is 19.0. The predicted molar refractivity (Wildman–Crippen MR) is 104 cm³/mol. The third-order valence-electron chi connectivity index (χ3n) is 4.13. The first-order valence-electron chi connectivity index (χ1n) is 8.81. The Bertz CT molecular complexity index is 930. The van der Waals surface area contributed by atoms with Crippen LogP contribution >= 0.6 is 0 Å². The Balaban J connectivity index is 1.64. The van der Waals surface area contributed by atoms with E-state index in [-0.39, 0.29) is 6.42 Å². The lowest BCUT2D eigenvalue weighted by Crippen LogP contribution is -2.42. The highest BCUT2D eigenvalue weighted by Gasteiger charge is 2.21. The van der Waals surface area contributed by atoms with Crippen LogP contribution in [0.5, 0.6) is 5.75 Å². The summed E-state index contributed by atoms with van der Waals surface area (Å²) < 4.78 is 5.78. The number of hydrogen-bond acceptors (Lipinski definition) is 4. The Kier molecular flexibility index (Phi) is 6.36. The number of aromatic nitrogens is 1. The van der Waals surface area contributed by atoms with E-state index in [4.69, 9.17) is 4.74 Å². The third-order valence-corrected chi connectivity index (χ3v) is 4.13. The van der Waals surface area contributed by atoms with Gasteiger partial charge in [-0.3, -0.25) is 9.78 Å². The van der Waals surface area contributed by atoms with Crippen molar-refractivity contribution < 1.29 is 19.4 Å². The number of aliphatic carboxylic acids is 1. The number of carbonyl (C=O) groups excluding carboxylic acids is 1. The molecule has 6 nitrogen and oxygen atoms in total. The Morgan fingerprint density at radius 3 is 2.39 bits per heavy atom. The molecular weight excluding hydrogens is 356 g/mol. The molecule has 0 spiro atoms. The maximum Gasteiger partial charge on any atom is 0.326 e. The van der Waals surface area contributed by atoms with E-state index in [0.717, 1.165) is 11.1 Å². The third kappa shape index (κ3) is 5.41. The molecule has 0 aliphatic heterocycles. The maximum atomic E-state index is 12.2. The SMILES string of the molecule is O=C(N[C@H](Cc1cccc(OCc2ccccc2)c1)C(=O)O)c1ccncc1. The van der Waals surface area contributed by atoms with Crippen molar-refractivity contribution in [1.29, 1.82) is 0 Å². The molecule has 0 radical (unpaired) electrons. The van der Waals surface area contributed by atoms with Crippen LogP contribution in [0.2, 0.25) is 0 Å². The number of amides is 1. The summed E-state index contributed by atoms with van der Waals surface area (Å²) >= 11 is 0. The lowest BCUT2D eigenvalue weighted by Gasteiger charge is -2.15. The van der Waals surface area contributed by atoms with Crippen LogP contribution in [0.3, 0.4) is 0 Å². The van der Waals surface area contributed by atoms with Crippen molar-refractivity contribution in [2.24, 2.45) is 0 Å². The minimum Gasteiger partial charge on any atom is -0.489 e. The number of rotatable bonds is 8. The predicted octanol–water partition coefficient (Wildman–Crippen LogP) is 3.09. The number of carboxylic acid groups (broad SMARTS) is 1. The molecular formula is C22H20N2O4. The first kappa shape index (κ1) is 19.1. The number of carboxylic acids is 1. The zero-order valence-corrected chi connectivity index (χ0v) is 15.1. The van der Waals surface area contributed by atoms with Crippen LogP contribution in [0.25, 0.3) is 0 Å². The van der Waals surface area contributed by atoms with Gasteiger partial charge in [-0.25, -0.2) is 4.79 Å². The molecule has 0 aliphatic carbocycles. The molecule has 0 fully saturated rings. The van der Waals surface area contributed by atoms with Crippen molar-refractivity contribution in [2.45, 2.75) is 19.1 Å². The van der Waals surface area contributed by atoms with Gasteiger partial charge in [0.15, 0.2) is 0 Å². The topological polar surface area (TPSA) is 88.5 Å². The first-order chi connectivity index (χ1) is 13.6. The summed E-state index contributed by atoms with van der Waals surface area (Å²) in [7, 11) is 0. The van der Waals surface area contributed by atoms with Crippen molar-refractivity contribution in [1.82, 2.24) is 10.3 Å². The van der Waals surface area contributed by atoms with E-state index in [1.165, 1.54) is 24.5 Å². The number of benzene rings is 2. The Hall–Kier alpha value is -3.67. The standard InChI is InChI=1S/C22H20N2O4/c25-21(18-9-11-23-12-10-18)24-20(22(26)27)14-17-7-4-8-19(13-17)28-15-16-5-2-1-3-6-16/h1-13,20H,14-15H2,(H,24,25)(H,26,27)/t20-/m1/s1. The van der Waals surface area contributed by atoms with Gasteiger partial charge >= 0.3 is 5.97 Å². The average Bonchev–Trinajstić information content (AvgIpc) is 2.73. The highest BCUT2D eigenvalue weighted by molar-refractivity contribution is 5.96. The lowest BCUT2D eigenvalue weighted by atomic mass is 10.1. The number of nitrogens with one attached hydrogen (secondary N) is 1. The molecule has 1 amide bonds. The quantitative estimate of drug-likeness (QED) is 0.631. The minimum absolute atomic E-state index is 0.148. The zero-order chi connectivity index (χ0) is 19.8. The van der Waals surface area contributed by atoms with Crippen molar-refractivity contribution in [2.75, 3.05) is 0 Å². The normalized spacial score (nSPS) is 11.4. The fourth-order valence-corrected chi connectivity index (χ4v) is 2.68. The molecule has 0 saturated carbocycles. The van der Waals surface area contributed by atoms with Crippen LogP contribution in [-0.2, 0) is 17.8 Å². The summed E-state index contributed by atoms with van der Waals surface area (Å²) in [5, 5.41) is 12.0. The molecule has 0 unspecified atom stereocenters. The van der Waals surface area contributed by atoms with Crippen LogP contribution in [0.4, 0.5) is 0 Å². The van der Waals surface area contributed by atoms with Gasteiger partial charge in [0, 0.05) is 24.4 Å². The van der Waals surface area contributed by atoms with Crippen LogP contribution in [0.15, 0.2) is 79.1 Å². The molecule has 3 aromatic rings. The van der Waals surface area contributed by atoms with Crippen molar-refractivity contribution in [3.8, 4) is 5.75 Å². The summed E-state index contributed by atoms with van der Waals surface area (Å²) in [5.74, 6) is -0.907. The number of hydrogen-bond donors (Lipinski definition) is 2. The van der Waals surface area contributed by atoms with Gasteiger partial charge in [0.05, 0.1) is 0 Å². The summed E-state index contributed by atoms with van der Waals surface area (Å²) in [6.07, 6.45) is 3.12. The highest BCUT2D eigenvalue weighted by Crippen LogP contribution is 2.17. The Labute approximate surface area is 162 Å². The zero-order valence-electron chi connectivity index (χ0n) is 15.1. The molecule has 1 aromatic heterocycles. The van der Waals surface area contributed by atoms with E-state index in [1.54, 1.807) is 12.1 Å². The van der Waals surface area contributed by atoms with Crippen molar-refractivity contribution in [3.05, 3.63) is 95.8 Å². The minimum atomic E-state index is -1.10. The van der Waals surface area contributed by atoms with Crippen LogP contribution in [0, 0.1) is 0 Å². The van der Waals surface area contributed by atoms with Crippen LogP contribution < -0.4 is 10.1 Å². The molecule has 0 saturated heterocycles. The van der Waals surface area contributed by atoms with E-state index in [1.807, 2.05) is 42.5 Å². The van der Waals surface area contributed by atoms with Gasteiger partial charge in [0.25, 0.3) is 5.91 Å². The maximum absolute atomic E-state index is 12.2. The summed E-state index contributed by atoms with van der Waals surface area (Å²) in [5.41, 5.74) is 2.16. The number of nitrogens with zero attached hydrogens (tertiary/aromatic N) is 1. The fourth-order valence-electron chi connectivity index (χ4n) is 2.68. The number of carbonyl (C=O) groups is 2. The molecule has 6 heteroatoms. The second-order valence-corrected chi connectivity index (χ2v) is 6.23. The lowest BCUT2D eigenvalue weighted by molar-refractivity contribution is -0.139. The molecule has 28 heavy (non-hydrogen) atoms. The molecule has 142 valence electrons. The van der Waals surface area contributed by atoms with Gasteiger partial charge in [-0.1, -0.05) is 42.5 Å². The molecule has 0 aliphatic rings. The highest BCUT2D eigenvalue weighted by atomic mass is 16.5. The van der Waals surface area contributed by atoms with Gasteiger partial charge < -0.3 is 15.2 Å². The Morgan fingerprint density at radius 1 is 0.964 bits per heavy atom. The molecule has 2 aromatic carbocycles. The van der Waals surface area contributed by atoms with E-state index in [2.05, 4.69) is 10.3 Å². The van der Waals surface area contributed by atoms with E-state index < -0.39 is 17.9 Å². The van der Waals surface area contributed by atoms with E-state index >= 15 is 0 Å². The van der Waals surface area contributed by atoms with E-state index in [9.17, 15) is 14.7 Å². The smallest absolute Gasteiger partial charge is 0.326 e. The summed E-state index contributed by atoms with van der Waals surface area (Å²) in [4.78, 5) is 27.7. The van der Waals surface area contributed by atoms with Gasteiger partial charge in [-0.15, -0.1) is 0 Å². The van der Waals surface area contributed by atoms with Crippen LogP contribution in [-0.4, -0.2) is 28.0 Å². The second-order valence-electron chi connectivity index (χ2n) is 6.23. The van der Waals surface area contributed by atoms with E-state index in [0.29, 0.717) is 17.9 Å². The van der Waals surface area contributed by atoms with Crippen molar-refractivity contribution in [3.63, 3.8) is 0 Å². The number of pyridine rings is 1. The first-order valence-corrected chi connectivity index (χ1v) is 8.81. The molecule has 3 rings (SSSR count). The fraction of sp³-hybridized carbons (Fsp3) is 0.136. The molecule has 0 bridgehead atoms. The van der Waals surface area contributed by atoms with Gasteiger partial charge in [-0.2, -0.15) is 0 Å². The average molecular weight is 376 g/mol. The molecule has 1 heterocycles. The van der Waals surface area contributed by atoms with Gasteiger partial charge in [0.1, 0.15) is 18.4 Å². The van der Waals surface area contributed by atoms with Crippen LogP contribution in [0.1, 0.15) is 21.5 Å². The largest absolute Gasteiger partial charge is 0.489 e. The van der Waals surface area contributed by atoms with Gasteiger partial charge in [0.2, 0.25) is 0 Å². The molecule has 2 N–H and O–H groups in total. The van der Waals surface area contributed by atoms with Crippen molar-refractivity contribution >= 4 is 11.9 Å².